The summed E-state index contributed by atoms with van der Waals surface area (Å²) in [6.45, 7) is 1.94. The van der Waals surface area contributed by atoms with E-state index >= 15 is 0 Å². The molecule has 1 aromatic carbocycles. The first kappa shape index (κ1) is 17.5. The van der Waals surface area contributed by atoms with Gasteiger partial charge in [-0.15, -0.1) is 0 Å². The van der Waals surface area contributed by atoms with Gasteiger partial charge < -0.3 is 9.84 Å². The van der Waals surface area contributed by atoms with E-state index in [2.05, 4.69) is 15.8 Å². The summed E-state index contributed by atoms with van der Waals surface area (Å²) in [6, 6.07) is 8.86. The number of aromatic nitrogens is 1. The van der Waals surface area contributed by atoms with Crippen LogP contribution in [0.1, 0.15) is 66.8 Å². The van der Waals surface area contributed by atoms with E-state index in [1.807, 2.05) is 19.1 Å². The Labute approximate surface area is 156 Å². The highest BCUT2D eigenvalue weighted by molar-refractivity contribution is 6.04. The molecule has 7 nitrogen and oxygen atoms in total. The van der Waals surface area contributed by atoms with Crippen molar-refractivity contribution in [2.24, 2.45) is 0 Å². The molecule has 140 valence electrons. The average molecular weight is 367 g/mol. The largest absolute Gasteiger partial charge is 0.360 e. The summed E-state index contributed by atoms with van der Waals surface area (Å²) >= 11 is 0. The minimum atomic E-state index is -0.707. The van der Waals surface area contributed by atoms with E-state index in [0.717, 1.165) is 24.2 Å². The van der Waals surface area contributed by atoms with Crippen LogP contribution in [0.2, 0.25) is 0 Å². The molecule has 1 aliphatic carbocycles. The van der Waals surface area contributed by atoms with Gasteiger partial charge in [-0.25, -0.2) is 0 Å². The summed E-state index contributed by atoms with van der Waals surface area (Å²) in [5.41, 5.74) is 1.00. The van der Waals surface area contributed by atoms with E-state index in [1.54, 1.807) is 18.2 Å². The Morgan fingerprint density at radius 3 is 2.67 bits per heavy atom. The molecule has 27 heavy (non-hydrogen) atoms. The Kier molecular flexibility index (Phi) is 4.30. The zero-order chi connectivity index (χ0) is 19.0. The highest BCUT2D eigenvalue weighted by Gasteiger charge is 2.42. The lowest BCUT2D eigenvalue weighted by molar-refractivity contribution is -0.138. The second-order valence-electron chi connectivity index (χ2n) is 7.23. The maximum atomic E-state index is 12.4. The van der Waals surface area contributed by atoms with Crippen LogP contribution in [0.4, 0.5) is 5.69 Å². The third-order valence-electron chi connectivity index (χ3n) is 5.51. The van der Waals surface area contributed by atoms with Crippen LogP contribution in [0.15, 0.2) is 34.9 Å². The lowest BCUT2D eigenvalue weighted by Crippen LogP contribution is -2.51. The van der Waals surface area contributed by atoms with Crippen molar-refractivity contribution in [1.29, 1.82) is 0 Å². The molecule has 1 unspecified atom stereocenters. The van der Waals surface area contributed by atoms with Gasteiger partial charge in [-0.05, 0) is 43.4 Å². The molecule has 0 spiro atoms. The van der Waals surface area contributed by atoms with Gasteiger partial charge in [-0.3, -0.25) is 19.7 Å². The van der Waals surface area contributed by atoms with Crippen molar-refractivity contribution in [3.63, 3.8) is 0 Å². The van der Waals surface area contributed by atoms with E-state index in [4.69, 9.17) is 4.52 Å². The first-order valence-corrected chi connectivity index (χ1v) is 9.24. The first-order valence-electron chi connectivity index (χ1n) is 9.24. The van der Waals surface area contributed by atoms with E-state index in [-0.39, 0.29) is 23.4 Å². The van der Waals surface area contributed by atoms with Gasteiger partial charge >= 0.3 is 0 Å². The van der Waals surface area contributed by atoms with Gasteiger partial charge in [-0.1, -0.05) is 24.2 Å². The normalized spacial score (nSPS) is 22.4. The fraction of sp³-hybridized carbons (Fsp3) is 0.400. The lowest BCUT2D eigenvalue weighted by Gasteiger charge is -2.35. The zero-order valence-electron chi connectivity index (χ0n) is 15.1. The molecule has 1 atom stereocenters. The summed E-state index contributed by atoms with van der Waals surface area (Å²) in [7, 11) is 0. The summed E-state index contributed by atoms with van der Waals surface area (Å²) in [6.07, 6.45) is 3.57. The summed E-state index contributed by atoms with van der Waals surface area (Å²) in [5.74, 6) is 0.347. The van der Waals surface area contributed by atoms with E-state index in [9.17, 15) is 14.4 Å². The molecular weight excluding hydrogens is 346 g/mol. The van der Waals surface area contributed by atoms with Crippen molar-refractivity contribution in [3.05, 3.63) is 47.3 Å². The molecule has 2 heterocycles. The molecule has 0 bridgehead atoms. The topological polar surface area (TPSA) is 101 Å². The number of benzene rings is 1. The number of hydrogen-bond donors (Lipinski definition) is 2. The van der Waals surface area contributed by atoms with Crippen molar-refractivity contribution in [3.8, 4) is 0 Å². The van der Waals surface area contributed by atoms with Crippen LogP contribution in [0.5, 0.6) is 0 Å². The highest BCUT2D eigenvalue weighted by atomic mass is 16.5. The number of carbonyl (C=O) groups is 3. The van der Waals surface area contributed by atoms with Gasteiger partial charge in [0.2, 0.25) is 11.8 Å². The minimum Gasteiger partial charge on any atom is -0.360 e. The molecule has 1 saturated heterocycles. The lowest BCUT2D eigenvalue weighted by atomic mass is 9.72. The van der Waals surface area contributed by atoms with Crippen LogP contribution < -0.4 is 10.6 Å². The van der Waals surface area contributed by atoms with Gasteiger partial charge in [0.25, 0.3) is 5.91 Å². The van der Waals surface area contributed by atoms with Gasteiger partial charge in [0, 0.05) is 24.1 Å². The molecule has 1 aliphatic heterocycles. The van der Waals surface area contributed by atoms with Crippen LogP contribution in [-0.2, 0) is 15.0 Å². The quantitative estimate of drug-likeness (QED) is 0.791. The van der Waals surface area contributed by atoms with Gasteiger partial charge in [-0.2, -0.15) is 0 Å². The Morgan fingerprint density at radius 2 is 2.04 bits per heavy atom. The van der Waals surface area contributed by atoms with Gasteiger partial charge in [0.05, 0.1) is 5.41 Å². The molecule has 2 N–H and O–H groups in total. The van der Waals surface area contributed by atoms with E-state index in [1.165, 1.54) is 0 Å². The second-order valence-corrected chi connectivity index (χ2v) is 7.23. The third kappa shape index (κ3) is 3.25. The Bertz CT molecular complexity index is 898. The average Bonchev–Trinajstić information content (AvgIpc) is 3.40. The standard InChI is InChI=1S/C20H21N3O4/c1-2-20(10-9-17(24)22-19(20)26)13-5-7-14(8-6-13)21-18(25)15-11-16(27-23-15)12-3-4-12/h5-8,11-12H,2-4,9-10H2,1H3,(H,21,25)(H,22,24,26). The number of nitrogens with one attached hydrogen (secondary N) is 2. The van der Waals surface area contributed by atoms with Crippen LogP contribution in [0, 0.1) is 0 Å². The predicted molar refractivity (Wildman–Crippen MR) is 97.2 cm³/mol. The number of nitrogens with zero attached hydrogens (tertiary/aromatic N) is 1. The molecular formula is C20H21N3O4. The first-order chi connectivity index (χ1) is 13.0. The molecule has 7 heteroatoms. The monoisotopic (exact) mass is 367 g/mol. The molecule has 2 aromatic rings. The minimum absolute atomic E-state index is 0.230. The van der Waals surface area contributed by atoms with Gasteiger partial charge in [0.1, 0.15) is 5.76 Å². The maximum Gasteiger partial charge on any atom is 0.277 e. The summed E-state index contributed by atoms with van der Waals surface area (Å²) in [5, 5.41) is 9.07. The molecule has 2 fully saturated rings. The van der Waals surface area contributed by atoms with Crippen molar-refractivity contribution >= 4 is 23.4 Å². The zero-order valence-corrected chi connectivity index (χ0v) is 15.1. The van der Waals surface area contributed by atoms with Gasteiger partial charge in [0.15, 0.2) is 5.69 Å². The molecule has 4 rings (SSSR count). The molecule has 1 aromatic heterocycles. The number of amides is 3. The Hall–Kier alpha value is -2.96. The number of imide groups is 1. The molecule has 3 amide bonds. The van der Waals surface area contributed by atoms with E-state index in [0.29, 0.717) is 30.9 Å². The number of carbonyl (C=O) groups excluding carboxylic acids is 3. The van der Waals surface area contributed by atoms with E-state index < -0.39 is 5.41 Å². The van der Waals surface area contributed by atoms with Crippen molar-refractivity contribution < 1.29 is 18.9 Å². The number of hydrogen-bond acceptors (Lipinski definition) is 5. The number of rotatable bonds is 5. The smallest absolute Gasteiger partial charge is 0.277 e. The molecule has 2 aliphatic rings. The van der Waals surface area contributed by atoms with Crippen LogP contribution in [0.25, 0.3) is 0 Å². The molecule has 1 saturated carbocycles. The van der Waals surface area contributed by atoms with Crippen molar-refractivity contribution in [1.82, 2.24) is 10.5 Å². The SMILES string of the molecule is CCC1(c2ccc(NC(=O)c3cc(C4CC4)on3)cc2)CCC(=O)NC1=O. The van der Waals surface area contributed by atoms with Crippen LogP contribution in [-0.4, -0.2) is 22.9 Å². The summed E-state index contributed by atoms with van der Waals surface area (Å²) < 4.78 is 5.21. The Morgan fingerprint density at radius 1 is 1.30 bits per heavy atom. The predicted octanol–water partition coefficient (Wildman–Crippen LogP) is 2.89. The second kappa shape index (κ2) is 6.64. The summed E-state index contributed by atoms with van der Waals surface area (Å²) in [4.78, 5) is 36.3. The third-order valence-corrected chi connectivity index (χ3v) is 5.51. The fourth-order valence-corrected chi connectivity index (χ4v) is 3.59. The van der Waals surface area contributed by atoms with Crippen LogP contribution >= 0.6 is 0 Å². The highest BCUT2D eigenvalue weighted by Crippen LogP contribution is 2.40. The number of anilines is 1. The fourth-order valence-electron chi connectivity index (χ4n) is 3.59. The molecule has 0 radical (unpaired) electrons. The maximum absolute atomic E-state index is 12.4. The van der Waals surface area contributed by atoms with Crippen molar-refractivity contribution in [2.45, 2.75) is 50.4 Å². The van der Waals surface area contributed by atoms with Crippen LogP contribution in [0.3, 0.4) is 0 Å². The Balaban J connectivity index is 1.48. The number of piperidine rings is 1. The van der Waals surface area contributed by atoms with Crippen molar-refractivity contribution in [2.75, 3.05) is 5.32 Å².